The van der Waals surface area contributed by atoms with Gasteiger partial charge in [0.05, 0.1) is 6.04 Å². The minimum absolute atomic E-state index is 0.197. The fraction of sp³-hybridized carbons (Fsp3) is 0.300. The van der Waals surface area contributed by atoms with Crippen molar-refractivity contribution in [3.8, 4) is 5.75 Å². The first kappa shape index (κ1) is 9.34. The quantitative estimate of drug-likeness (QED) is 0.772. The van der Waals surface area contributed by atoms with Gasteiger partial charge in [0, 0.05) is 13.5 Å². The SMILES string of the molecule is CN1N=C(Cl)CC1c1ccc(O)cc1. The second-order valence-electron chi connectivity index (χ2n) is 3.36. The van der Waals surface area contributed by atoms with Crippen molar-refractivity contribution in [1.29, 1.82) is 0 Å². The van der Waals surface area contributed by atoms with E-state index in [-0.39, 0.29) is 11.8 Å². The molecule has 1 aliphatic rings. The molecule has 1 aliphatic heterocycles. The van der Waals surface area contributed by atoms with Crippen LogP contribution in [0.25, 0.3) is 0 Å². The molecule has 1 aromatic rings. The molecular weight excluding hydrogens is 200 g/mol. The zero-order valence-corrected chi connectivity index (χ0v) is 8.57. The summed E-state index contributed by atoms with van der Waals surface area (Å²) in [4.78, 5) is 0. The number of benzene rings is 1. The van der Waals surface area contributed by atoms with E-state index in [1.54, 1.807) is 12.1 Å². The van der Waals surface area contributed by atoms with Crippen molar-refractivity contribution in [2.45, 2.75) is 12.5 Å². The van der Waals surface area contributed by atoms with Crippen molar-refractivity contribution in [2.75, 3.05) is 7.05 Å². The van der Waals surface area contributed by atoms with Crippen molar-refractivity contribution in [3.63, 3.8) is 0 Å². The maximum atomic E-state index is 9.15. The van der Waals surface area contributed by atoms with Gasteiger partial charge >= 0.3 is 0 Å². The predicted molar refractivity (Wildman–Crippen MR) is 56.5 cm³/mol. The molecule has 4 heteroatoms. The highest BCUT2D eigenvalue weighted by molar-refractivity contribution is 6.65. The van der Waals surface area contributed by atoms with Gasteiger partial charge in [0.15, 0.2) is 0 Å². The smallest absolute Gasteiger partial charge is 0.128 e. The Kier molecular flexibility index (Phi) is 2.33. The summed E-state index contributed by atoms with van der Waals surface area (Å²) in [6.07, 6.45) is 0.739. The zero-order chi connectivity index (χ0) is 10.1. The van der Waals surface area contributed by atoms with E-state index in [1.807, 2.05) is 24.2 Å². The lowest BCUT2D eigenvalue weighted by molar-refractivity contribution is 0.289. The molecular formula is C10H11ClN2O. The molecule has 74 valence electrons. The third-order valence-electron chi connectivity index (χ3n) is 2.36. The molecule has 2 rings (SSSR count). The Morgan fingerprint density at radius 2 is 2.07 bits per heavy atom. The Balaban J connectivity index is 2.21. The van der Waals surface area contributed by atoms with E-state index in [4.69, 9.17) is 16.7 Å². The molecule has 1 unspecified atom stereocenters. The lowest BCUT2D eigenvalue weighted by atomic mass is 10.0. The summed E-state index contributed by atoms with van der Waals surface area (Å²) in [5.41, 5.74) is 1.12. The van der Waals surface area contributed by atoms with Crippen LogP contribution in [0.1, 0.15) is 18.0 Å². The van der Waals surface area contributed by atoms with E-state index in [2.05, 4.69) is 5.10 Å². The molecule has 1 atom stereocenters. The van der Waals surface area contributed by atoms with Gasteiger partial charge in [-0.05, 0) is 17.7 Å². The van der Waals surface area contributed by atoms with E-state index in [1.165, 1.54) is 0 Å². The van der Waals surface area contributed by atoms with E-state index < -0.39 is 0 Å². The van der Waals surface area contributed by atoms with Crippen LogP contribution in [0.4, 0.5) is 0 Å². The third kappa shape index (κ3) is 1.68. The summed E-state index contributed by atoms with van der Waals surface area (Å²) >= 11 is 5.84. The number of halogens is 1. The summed E-state index contributed by atoms with van der Waals surface area (Å²) in [5.74, 6) is 0.279. The average Bonchev–Trinajstić information content (AvgIpc) is 2.47. The Labute approximate surface area is 87.6 Å². The maximum absolute atomic E-state index is 9.15. The first-order chi connectivity index (χ1) is 6.66. The van der Waals surface area contributed by atoms with Crippen LogP contribution in [0.3, 0.4) is 0 Å². The highest BCUT2D eigenvalue weighted by Crippen LogP contribution is 2.30. The molecule has 0 bridgehead atoms. The molecule has 1 aromatic carbocycles. The Bertz CT molecular complexity index is 361. The maximum Gasteiger partial charge on any atom is 0.128 e. The Morgan fingerprint density at radius 3 is 2.57 bits per heavy atom. The largest absolute Gasteiger partial charge is 0.508 e. The zero-order valence-electron chi connectivity index (χ0n) is 7.81. The highest BCUT2D eigenvalue weighted by atomic mass is 35.5. The van der Waals surface area contributed by atoms with Gasteiger partial charge < -0.3 is 5.11 Å². The van der Waals surface area contributed by atoms with Crippen molar-refractivity contribution >= 4 is 16.8 Å². The minimum atomic E-state index is 0.197. The molecule has 0 aromatic heterocycles. The molecule has 0 radical (unpaired) electrons. The number of aromatic hydroxyl groups is 1. The fourth-order valence-electron chi connectivity index (χ4n) is 1.60. The average molecular weight is 211 g/mol. The van der Waals surface area contributed by atoms with Crippen molar-refractivity contribution in [3.05, 3.63) is 29.8 Å². The molecule has 1 heterocycles. The van der Waals surface area contributed by atoms with Gasteiger partial charge in [0.25, 0.3) is 0 Å². The molecule has 1 N–H and O–H groups in total. The molecule has 3 nitrogen and oxygen atoms in total. The van der Waals surface area contributed by atoms with Gasteiger partial charge in [-0.15, -0.1) is 0 Å². The predicted octanol–water partition coefficient (Wildman–Crippen LogP) is 2.32. The molecule has 0 saturated carbocycles. The number of rotatable bonds is 1. The number of hydrazone groups is 1. The van der Waals surface area contributed by atoms with Crippen LogP contribution in [-0.2, 0) is 0 Å². The summed E-state index contributed by atoms with van der Waals surface area (Å²) in [7, 11) is 1.90. The Hall–Kier alpha value is -1.22. The van der Waals surface area contributed by atoms with E-state index >= 15 is 0 Å². The summed E-state index contributed by atoms with van der Waals surface area (Å²) < 4.78 is 0. The third-order valence-corrected chi connectivity index (χ3v) is 2.59. The lowest BCUT2D eigenvalue weighted by Crippen LogP contribution is -2.13. The van der Waals surface area contributed by atoms with Crippen molar-refractivity contribution in [2.24, 2.45) is 5.10 Å². The van der Waals surface area contributed by atoms with E-state index in [0.29, 0.717) is 5.17 Å². The fourth-order valence-corrected chi connectivity index (χ4v) is 1.87. The number of hydrogen-bond donors (Lipinski definition) is 1. The van der Waals surface area contributed by atoms with Gasteiger partial charge in [-0.3, -0.25) is 5.01 Å². The normalized spacial score (nSPS) is 21.1. The van der Waals surface area contributed by atoms with Crippen LogP contribution in [0.2, 0.25) is 0 Å². The van der Waals surface area contributed by atoms with Gasteiger partial charge in [0.2, 0.25) is 0 Å². The molecule has 0 aliphatic carbocycles. The second kappa shape index (κ2) is 3.50. The first-order valence-electron chi connectivity index (χ1n) is 4.41. The lowest BCUT2D eigenvalue weighted by Gasteiger charge is -2.18. The van der Waals surface area contributed by atoms with Crippen LogP contribution in [0.5, 0.6) is 5.75 Å². The standard InChI is InChI=1S/C10H11ClN2O/c1-13-9(6-10(11)12-13)7-2-4-8(14)5-3-7/h2-5,9,14H,6H2,1H3. The molecule has 0 saturated heterocycles. The number of nitrogens with zero attached hydrogens (tertiary/aromatic N) is 2. The summed E-state index contributed by atoms with van der Waals surface area (Å²) in [5, 5.41) is 15.7. The number of phenols is 1. The van der Waals surface area contributed by atoms with Crippen molar-refractivity contribution < 1.29 is 5.11 Å². The van der Waals surface area contributed by atoms with Gasteiger partial charge in [-0.2, -0.15) is 5.10 Å². The summed E-state index contributed by atoms with van der Waals surface area (Å²) in [6, 6.07) is 7.33. The van der Waals surface area contributed by atoms with Crippen LogP contribution < -0.4 is 0 Å². The highest BCUT2D eigenvalue weighted by Gasteiger charge is 2.23. The van der Waals surface area contributed by atoms with Gasteiger partial charge in [0.1, 0.15) is 10.9 Å². The number of hydrogen-bond acceptors (Lipinski definition) is 3. The van der Waals surface area contributed by atoms with Gasteiger partial charge in [-0.25, -0.2) is 0 Å². The molecule has 14 heavy (non-hydrogen) atoms. The monoisotopic (exact) mass is 210 g/mol. The Morgan fingerprint density at radius 1 is 1.43 bits per heavy atom. The van der Waals surface area contributed by atoms with Crippen molar-refractivity contribution in [1.82, 2.24) is 5.01 Å². The summed E-state index contributed by atoms with van der Waals surface area (Å²) in [6.45, 7) is 0. The minimum Gasteiger partial charge on any atom is -0.508 e. The van der Waals surface area contributed by atoms with Crippen LogP contribution >= 0.6 is 11.6 Å². The van der Waals surface area contributed by atoms with E-state index in [0.717, 1.165) is 12.0 Å². The molecule has 0 spiro atoms. The molecule has 0 amide bonds. The first-order valence-corrected chi connectivity index (χ1v) is 4.79. The topological polar surface area (TPSA) is 35.8 Å². The van der Waals surface area contributed by atoms with Crippen LogP contribution in [0.15, 0.2) is 29.4 Å². The van der Waals surface area contributed by atoms with E-state index in [9.17, 15) is 0 Å². The number of phenolic OH excluding ortho intramolecular Hbond substituents is 1. The van der Waals surface area contributed by atoms with Gasteiger partial charge in [-0.1, -0.05) is 23.7 Å². The van der Waals surface area contributed by atoms with Crippen LogP contribution in [0, 0.1) is 0 Å². The molecule has 0 fully saturated rings. The second-order valence-corrected chi connectivity index (χ2v) is 3.80. The van der Waals surface area contributed by atoms with Crippen LogP contribution in [-0.4, -0.2) is 22.3 Å².